The van der Waals surface area contributed by atoms with E-state index in [1.165, 1.54) is 28.4 Å². The van der Waals surface area contributed by atoms with Gasteiger partial charge in [-0.05, 0) is 43.5 Å². The van der Waals surface area contributed by atoms with E-state index >= 15 is 0 Å². The lowest BCUT2D eigenvalue weighted by molar-refractivity contribution is -0.131. The zero-order chi connectivity index (χ0) is 18.8. The van der Waals surface area contributed by atoms with E-state index in [-0.39, 0.29) is 29.9 Å². The fourth-order valence-electron chi connectivity index (χ4n) is 3.74. The molecule has 1 unspecified atom stereocenters. The van der Waals surface area contributed by atoms with Crippen molar-refractivity contribution in [1.82, 2.24) is 15.2 Å². The Hall–Kier alpha value is -2.48. The van der Waals surface area contributed by atoms with Crippen LogP contribution >= 0.6 is 11.3 Å². The molecular weight excluding hydrogens is 369 g/mol. The molecule has 8 heteroatoms. The van der Waals surface area contributed by atoms with Gasteiger partial charge in [-0.2, -0.15) is 0 Å². The highest BCUT2D eigenvalue weighted by Gasteiger charge is 2.45. The predicted molar refractivity (Wildman–Crippen MR) is 98.1 cm³/mol. The molecule has 0 radical (unpaired) electrons. The zero-order valence-corrected chi connectivity index (χ0v) is 15.5. The molecule has 2 aliphatic rings. The van der Waals surface area contributed by atoms with E-state index in [0.29, 0.717) is 18.6 Å². The number of ether oxygens (including phenoxy) is 1. The molecule has 2 fully saturated rings. The average Bonchev–Trinajstić information content (AvgIpc) is 3.26. The van der Waals surface area contributed by atoms with Crippen LogP contribution in [0, 0.1) is 5.82 Å². The molecule has 3 atom stereocenters. The Kier molecular flexibility index (Phi) is 5.07. The molecule has 0 bridgehead atoms. The number of nitrogens with one attached hydrogen (secondary N) is 1. The summed E-state index contributed by atoms with van der Waals surface area (Å²) >= 11 is 1.46. The molecule has 1 aliphatic heterocycles. The molecule has 1 aromatic carbocycles. The number of rotatable bonds is 5. The fourth-order valence-corrected chi connectivity index (χ4v) is 4.38. The Morgan fingerprint density at radius 2 is 2.00 bits per heavy atom. The smallest absolute Gasteiger partial charge is 0.325 e. The third kappa shape index (κ3) is 3.80. The predicted octanol–water partition coefficient (Wildman–Crippen LogP) is 3.14. The molecule has 142 valence electrons. The van der Waals surface area contributed by atoms with Gasteiger partial charge in [-0.1, -0.05) is 6.42 Å². The normalized spacial score (nSPS) is 25.5. The largest absolute Gasteiger partial charge is 0.488 e. The van der Waals surface area contributed by atoms with Crippen LogP contribution in [0.1, 0.15) is 30.6 Å². The third-order valence-corrected chi connectivity index (χ3v) is 5.84. The molecule has 4 rings (SSSR count). The summed E-state index contributed by atoms with van der Waals surface area (Å²) in [7, 11) is 0. The first-order valence-corrected chi connectivity index (χ1v) is 9.93. The quantitative estimate of drug-likeness (QED) is 0.798. The zero-order valence-electron chi connectivity index (χ0n) is 14.6. The molecule has 0 spiro atoms. The molecule has 1 aromatic heterocycles. The monoisotopic (exact) mass is 389 g/mol. The Morgan fingerprint density at radius 3 is 2.74 bits per heavy atom. The molecule has 1 N–H and O–H groups in total. The van der Waals surface area contributed by atoms with Gasteiger partial charge in [0.15, 0.2) is 0 Å². The summed E-state index contributed by atoms with van der Waals surface area (Å²) in [6.45, 7) is 0. The maximum absolute atomic E-state index is 13.1. The van der Waals surface area contributed by atoms with E-state index in [9.17, 15) is 14.0 Å². The second kappa shape index (κ2) is 7.64. The number of hydrogen-bond acceptors (Lipinski definition) is 5. The van der Waals surface area contributed by atoms with Crippen molar-refractivity contribution in [2.45, 2.75) is 50.3 Å². The van der Waals surface area contributed by atoms with Crippen molar-refractivity contribution in [3.8, 4) is 5.75 Å². The minimum atomic E-state index is -0.564. The maximum atomic E-state index is 13.1. The summed E-state index contributed by atoms with van der Waals surface area (Å²) in [6, 6.07) is 4.57. The molecule has 1 saturated carbocycles. The van der Waals surface area contributed by atoms with Gasteiger partial charge in [-0.15, -0.1) is 11.3 Å². The van der Waals surface area contributed by atoms with E-state index in [1.807, 2.05) is 0 Å². The van der Waals surface area contributed by atoms with Gasteiger partial charge in [0.25, 0.3) is 5.91 Å². The molecule has 2 heterocycles. The molecule has 2 aromatic rings. The van der Waals surface area contributed by atoms with Crippen molar-refractivity contribution in [3.05, 3.63) is 46.7 Å². The van der Waals surface area contributed by atoms with Crippen LogP contribution in [0.15, 0.2) is 36.0 Å². The SMILES string of the molecule is O=C1NC(Cc2cncs2)C(=O)N1[C@H]1CCCC[C@H]1Oc1ccc(F)cc1. The van der Waals surface area contributed by atoms with Crippen molar-refractivity contribution in [1.29, 1.82) is 0 Å². The number of hydrogen-bond donors (Lipinski definition) is 1. The van der Waals surface area contributed by atoms with Crippen molar-refractivity contribution >= 4 is 23.3 Å². The third-order valence-electron chi connectivity index (χ3n) is 5.04. The first-order valence-electron chi connectivity index (χ1n) is 9.05. The lowest BCUT2D eigenvalue weighted by Crippen LogP contribution is -2.51. The molecule has 3 amide bonds. The molecule has 27 heavy (non-hydrogen) atoms. The maximum Gasteiger partial charge on any atom is 0.325 e. The van der Waals surface area contributed by atoms with E-state index in [0.717, 1.165) is 24.1 Å². The van der Waals surface area contributed by atoms with Crippen LogP contribution in [0.3, 0.4) is 0 Å². The Bertz CT molecular complexity index is 812. The lowest BCUT2D eigenvalue weighted by atomic mass is 9.91. The van der Waals surface area contributed by atoms with Crippen molar-refractivity contribution in [3.63, 3.8) is 0 Å². The lowest BCUT2D eigenvalue weighted by Gasteiger charge is -2.36. The van der Waals surface area contributed by atoms with Gasteiger partial charge in [0.1, 0.15) is 23.7 Å². The van der Waals surface area contributed by atoms with E-state index in [1.54, 1.807) is 23.8 Å². The van der Waals surface area contributed by atoms with Crippen molar-refractivity contribution in [2.75, 3.05) is 0 Å². The van der Waals surface area contributed by atoms with Crippen LogP contribution in [0.25, 0.3) is 0 Å². The minimum absolute atomic E-state index is 0.215. The van der Waals surface area contributed by atoms with Crippen LogP contribution in [-0.2, 0) is 11.2 Å². The fraction of sp³-hybridized carbons (Fsp3) is 0.421. The number of halogens is 1. The summed E-state index contributed by atoms with van der Waals surface area (Å²) < 4.78 is 19.1. The number of benzene rings is 1. The highest BCUT2D eigenvalue weighted by molar-refractivity contribution is 7.09. The van der Waals surface area contributed by atoms with Gasteiger partial charge in [-0.25, -0.2) is 9.18 Å². The summed E-state index contributed by atoms with van der Waals surface area (Å²) in [5.41, 5.74) is 1.71. The number of carbonyl (C=O) groups excluding carboxylic acids is 2. The van der Waals surface area contributed by atoms with Crippen molar-refractivity contribution in [2.24, 2.45) is 0 Å². The van der Waals surface area contributed by atoms with Gasteiger partial charge >= 0.3 is 6.03 Å². The number of amides is 3. The van der Waals surface area contributed by atoms with Crippen LogP contribution in [-0.4, -0.2) is 40.0 Å². The van der Waals surface area contributed by atoms with E-state index < -0.39 is 6.04 Å². The molecule has 1 saturated heterocycles. The summed E-state index contributed by atoms with van der Waals surface area (Å²) in [5.74, 6) is -0.00267. The number of nitrogens with zero attached hydrogens (tertiary/aromatic N) is 2. The second-order valence-electron chi connectivity index (χ2n) is 6.84. The van der Waals surface area contributed by atoms with Gasteiger partial charge in [0.05, 0.1) is 11.6 Å². The number of aromatic nitrogens is 1. The first kappa shape index (κ1) is 17.9. The molecular formula is C19H20FN3O3S. The van der Waals surface area contributed by atoms with Gasteiger partial charge < -0.3 is 10.1 Å². The minimum Gasteiger partial charge on any atom is -0.488 e. The van der Waals surface area contributed by atoms with Gasteiger partial charge in [0, 0.05) is 17.5 Å². The van der Waals surface area contributed by atoms with Crippen LogP contribution < -0.4 is 10.1 Å². The van der Waals surface area contributed by atoms with Gasteiger partial charge in [0.2, 0.25) is 0 Å². The number of imide groups is 1. The highest BCUT2D eigenvalue weighted by Crippen LogP contribution is 2.30. The van der Waals surface area contributed by atoms with Gasteiger partial charge in [-0.3, -0.25) is 14.7 Å². The summed E-state index contributed by atoms with van der Waals surface area (Å²) in [6.07, 6.45) is 5.23. The highest BCUT2D eigenvalue weighted by atomic mass is 32.1. The number of thiazole rings is 1. The number of urea groups is 1. The summed E-state index contributed by atoms with van der Waals surface area (Å²) in [4.78, 5) is 31.8. The first-order chi connectivity index (χ1) is 13.1. The number of carbonyl (C=O) groups is 2. The molecule has 6 nitrogen and oxygen atoms in total. The Balaban J connectivity index is 1.49. The second-order valence-corrected chi connectivity index (χ2v) is 7.82. The van der Waals surface area contributed by atoms with Crippen LogP contribution in [0.2, 0.25) is 0 Å². The summed E-state index contributed by atoms with van der Waals surface area (Å²) in [5, 5.41) is 2.79. The standard InChI is InChI=1S/C19H20FN3O3S/c20-12-5-7-13(8-6-12)26-17-4-2-1-3-16(17)23-18(24)15(22-19(23)25)9-14-10-21-11-27-14/h5-8,10-11,15-17H,1-4,9H2,(H,22,25)/t15?,16-,17+/m0/s1. The Morgan fingerprint density at radius 1 is 1.22 bits per heavy atom. The van der Waals surface area contributed by atoms with E-state index in [4.69, 9.17) is 4.74 Å². The van der Waals surface area contributed by atoms with Crippen LogP contribution in [0.4, 0.5) is 9.18 Å². The average molecular weight is 389 g/mol. The van der Waals surface area contributed by atoms with E-state index in [2.05, 4.69) is 10.3 Å². The van der Waals surface area contributed by atoms with Crippen LogP contribution in [0.5, 0.6) is 5.75 Å². The molecule has 1 aliphatic carbocycles. The Labute approximate surface area is 160 Å². The topological polar surface area (TPSA) is 71.5 Å². The van der Waals surface area contributed by atoms with Crippen molar-refractivity contribution < 1.29 is 18.7 Å².